The molecule has 0 amide bonds. The molecule has 3 rings (SSSR count). The molecule has 26 heavy (non-hydrogen) atoms. The first-order valence-electron chi connectivity index (χ1n) is 7.86. The van der Waals surface area contributed by atoms with Crippen molar-refractivity contribution in [3.63, 3.8) is 0 Å². The van der Waals surface area contributed by atoms with Crippen molar-refractivity contribution in [2.75, 3.05) is 12.4 Å². The van der Waals surface area contributed by atoms with Gasteiger partial charge in [-0.2, -0.15) is 5.10 Å². The SMILES string of the molecule is O=S(=O)(CCCO)c1ccc(-c2cc(Cl)nn2-c2ccc(F)cc2)cc1. The van der Waals surface area contributed by atoms with Crippen LogP contribution in [0.1, 0.15) is 6.42 Å². The van der Waals surface area contributed by atoms with E-state index in [0.717, 1.165) is 5.56 Å². The smallest absolute Gasteiger partial charge is 0.178 e. The van der Waals surface area contributed by atoms with Crippen LogP contribution >= 0.6 is 11.6 Å². The van der Waals surface area contributed by atoms with Crippen LogP contribution in [0.4, 0.5) is 4.39 Å². The van der Waals surface area contributed by atoms with Crippen molar-refractivity contribution in [2.24, 2.45) is 0 Å². The van der Waals surface area contributed by atoms with Gasteiger partial charge in [0, 0.05) is 18.2 Å². The third kappa shape index (κ3) is 3.95. The second-order valence-electron chi connectivity index (χ2n) is 5.66. The minimum Gasteiger partial charge on any atom is -0.396 e. The summed E-state index contributed by atoms with van der Waals surface area (Å²) >= 11 is 6.03. The van der Waals surface area contributed by atoms with E-state index < -0.39 is 9.84 Å². The van der Waals surface area contributed by atoms with E-state index in [1.54, 1.807) is 35.0 Å². The summed E-state index contributed by atoms with van der Waals surface area (Å²) in [5.74, 6) is -0.465. The second-order valence-corrected chi connectivity index (χ2v) is 8.16. The van der Waals surface area contributed by atoms with Crippen LogP contribution in [0.15, 0.2) is 59.5 Å². The molecule has 0 radical (unpaired) electrons. The van der Waals surface area contributed by atoms with Gasteiger partial charge in [0.05, 0.1) is 22.0 Å². The maximum Gasteiger partial charge on any atom is 0.178 e. The van der Waals surface area contributed by atoms with Gasteiger partial charge in [0.2, 0.25) is 0 Å². The number of rotatable bonds is 6. The van der Waals surface area contributed by atoms with Gasteiger partial charge in [0.25, 0.3) is 0 Å². The number of sulfone groups is 1. The number of aliphatic hydroxyl groups is 1. The minimum absolute atomic E-state index is 0.109. The Balaban J connectivity index is 1.97. The van der Waals surface area contributed by atoms with Gasteiger partial charge < -0.3 is 5.11 Å². The van der Waals surface area contributed by atoms with Crippen LogP contribution in [-0.2, 0) is 9.84 Å². The van der Waals surface area contributed by atoms with Crippen molar-refractivity contribution in [2.45, 2.75) is 11.3 Å². The van der Waals surface area contributed by atoms with E-state index in [0.29, 0.717) is 11.4 Å². The van der Waals surface area contributed by atoms with Crippen molar-refractivity contribution in [3.8, 4) is 16.9 Å². The number of hydrogen-bond donors (Lipinski definition) is 1. The van der Waals surface area contributed by atoms with Gasteiger partial charge >= 0.3 is 0 Å². The van der Waals surface area contributed by atoms with Crippen molar-refractivity contribution < 1.29 is 17.9 Å². The normalized spacial score (nSPS) is 11.7. The van der Waals surface area contributed by atoms with Crippen LogP contribution in [0, 0.1) is 5.82 Å². The molecule has 5 nitrogen and oxygen atoms in total. The van der Waals surface area contributed by atoms with Gasteiger partial charge in [0.15, 0.2) is 15.0 Å². The molecule has 1 aromatic heterocycles. The molecule has 136 valence electrons. The zero-order valence-electron chi connectivity index (χ0n) is 13.6. The maximum absolute atomic E-state index is 13.1. The van der Waals surface area contributed by atoms with Crippen molar-refractivity contribution in [1.29, 1.82) is 0 Å². The van der Waals surface area contributed by atoms with E-state index in [9.17, 15) is 12.8 Å². The summed E-state index contributed by atoms with van der Waals surface area (Å²) in [6.07, 6.45) is 0.191. The van der Waals surface area contributed by atoms with Gasteiger partial charge in [-0.25, -0.2) is 17.5 Å². The summed E-state index contributed by atoms with van der Waals surface area (Å²) in [6.45, 7) is -0.174. The Bertz CT molecular complexity index is 1000. The molecule has 0 spiro atoms. The fourth-order valence-electron chi connectivity index (χ4n) is 2.54. The predicted octanol–water partition coefficient (Wildman–Crippen LogP) is 3.49. The van der Waals surface area contributed by atoms with E-state index in [1.165, 1.54) is 24.3 Å². The molecule has 8 heteroatoms. The van der Waals surface area contributed by atoms with Crippen molar-refractivity contribution in [3.05, 3.63) is 65.6 Å². The molecule has 0 fully saturated rings. The molecule has 0 aliphatic carbocycles. The zero-order valence-corrected chi connectivity index (χ0v) is 15.2. The van der Waals surface area contributed by atoms with Crippen LogP contribution in [0.25, 0.3) is 16.9 Å². The summed E-state index contributed by atoms with van der Waals surface area (Å²) in [4.78, 5) is 0.189. The Labute approximate surface area is 155 Å². The number of nitrogens with zero attached hydrogens (tertiary/aromatic N) is 2. The highest BCUT2D eigenvalue weighted by Gasteiger charge is 2.16. The number of aliphatic hydroxyl groups excluding tert-OH is 1. The van der Waals surface area contributed by atoms with Gasteiger partial charge in [-0.15, -0.1) is 0 Å². The topological polar surface area (TPSA) is 72.2 Å². The fraction of sp³-hybridized carbons (Fsp3) is 0.167. The van der Waals surface area contributed by atoms with E-state index >= 15 is 0 Å². The predicted molar refractivity (Wildman–Crippen MR) is 97.7 cm³/mol. The first-order valence-corrected chi connectivity index (χ1v) is 9.89. The average molecular weight is 395 g/mol. The van der Waals surface area contributed by atoms with Crippen LogP contribution in [-0.4, -0.2) is 35.7 Å². The van der Waals surface area contributed by atoms with Crippen LogP contribution in [0.3, 0.4) is 0 Å². The Morgan fingerprint density at radius 3 is 2.35 bits per heavy atom. The molecule has 2 aromatic carbocycles. The lowest BCUT2D eigenvalue weighted by atomic mass is 10.1. The molecule has 0 saturated carbocycles. The molecule has 0 bridgehead atoms. The quantitative estimate of drug-likeness (QED) is 0.694. The number of halogens is 2. The van der Waals surface area contributed by atoms with Crippen molar-refractivity contribution in [1.82, 2.24) is 9.78 Å². The molecule has 1 N–H and O–H groups in total. The Hall–Kier alpha value is -2.22. The average Bonchev–Trinajstić information content (AvgIpc) is 3.02. The molecule has 0 unspecified atom stereocenters. The highest BCUT2D eigenvalue weighted by molar-refractivity contribution is 7.91. The third-order valence-electron chi connectivity index (χ3n) is 3.83. The summed E-state index contributed by atoms with van der Waals surface area (Å²) < 4.78 is 39.1. The minimum atomic E-state index is -3.43. The molecular formula is C18H16ClFN2O3S. The summed E-state index contributed by atoms with van der Waals surface area (Å²) in [6, 6.07) is 13.8. The zero-order chi connectivity index (χ0) is 18.7. The molecule has 0 aliphatic heterocycles. The van der Waals surface area contributed by atoms with E-state index in [1.807, 2.05) is 0 Å². The molecular weight excluding hydrogens is 379 g/mol. The van der Waals surface area contributed by atoms with Crippen LogP contribution < -0.4 is 0 Å². The monoisotopic (exact) mass is 394 g/mol. The van der Waals surface area contributed by atoms with E-state index in [-0.39, 0.29) is 34.6 Å². The third-order valence-corrected chi connectivity index (χ3v) is 5.83. The van der Waals surface area contributed by atoms with Gasteiger partial charge in [-0.3, -0.25) is 0 Å². The Morgan fingerprint density at radius 1 is 1.08 bits per heavy atom. The number of benzene rings is 2. The summed E-state index contributed by atoms with van der Waals surface area (Å²) in [7, 11) is -3.43. The first-order chi connectivity index (χ1) is 12.4. The maximum atomic E-state index is 13.1. The number of hydrogen-bond acceptors (Lipinski definition) is 4. The van der Waals surface area contributed by atoms with Crippen LogP contribution in [0.5, 0.6) is 0 Å². The van der Waals surface area contributed by atoms with Crippen molar-refractivity contribution >= 4 is 21.4 Å². The fourth-order valence-corrected chi connectivity index (χ4v) is 4.02. The summed E-state index contributed by atoms with van der Waals surface area (Å²) in [5.41, 5.74) is 2.00. The lowest BCUT2D eigenvalue weighted by Gasteiger charge is -2.09. The lowest BCUT2D eigenvalue weighted by Crippen LogP contribution is -2.08. The van der Waals surface area contributed by atoms with Gasteiger partial charge in [-0.05, 0) is 42.8 Å². The Kier molecular flexibility index (Phi) is 5.41. The highest BCUT2D eigenvalue weighted by Crippen LogP contribution is 2.27. The van der Waals surface area contributed by atoms with Gasteiger partial charge in [0.1, 0.15) is 5.82 Å². The second kappa shape index (κ2) is 7.57. The highest BCUT2D eigenvalue weighted by atomic mass is 35.5. The molecule has 1 heterocycles. The van der Waals surface area contributed by atoms with E-state index in [2.05, 4.69) is 5.10 Å². The molecule has 0 saturated heterocycles. The molecule has 3 aromatic rings. The van der Waals surface area contributed by atoms with E-state index in [4.69, 9.17) is 16.7 Å². The van der Waals surface area contributed by atoms with Gasteiger partial charge in [-0.1, -0.05) is 23.7 Å². The molecule has 0 atom stereocenters. The largest absolute Gasteiger partial charge is 0.396 e. The molecule has 0 aliphatic rings. The Morgan fingerprint density at radius 2 is 1.73 bits per heavy atom. The van der Waals surface area contributed by atoms with Crippen LogP contribution in [0.2, 0.25) is 5.15 Å². The summed E-state index contributed by atoms with van der Waals surface area (Å²) in [5, 5.41) is 13.3. The number of aromatic nitrogens is 2. The standard InChI is InChI=1S/C18H16ClFN2O3S/c19-18-12-17(22(21-18)15-6-4-14(20)5-7-15)13-2-8-16(9-3-13)26(24,25)11-1-10-23/h2-9,12,23H,1,10-11H2. The first kappa shape index (κ1) is 18.6. The lowest BCUT2D eigenvalue weighted by molar-refractivity contribution is 0.295.